The lowest BCUT2D eigenvalue weighted by Gasteiger charge is -2.14. The van der Waals surface area contributed by atoms with Gasteiger partial charge in [0, 0.05) is 16.2 Å². The van der Waals surface area contributed by atoms with Crippen LogP contribution < -0.4 is 5.32 Å². The van der Waals surface area contributed by atoms with Crippen LogP contribution in [0.2, 0.25) is 0 Å². The van der Waals surface area contributed by atoms with Gasteiger partial charge in [-0.05, 0) is 39.0 Å². The van der Waals surface area contributed by atoms with Gasteiger partial charge in [-0.25, -0.2) is 0 Å². The Bertz CT molecular complexity index is 629. The zero-order chi connectivity index (χ0) is 15.4. The van der Waals surface area contributed by atoms with Crippen molar-refractivity contribution in [2.45, 2.75) is 37.2 Å². The van der Waals surface area contributed by atoms with Gasteiger partial charge in [-0.3, -0.25) is 4.79 Å². The normalized spacial score (nSPS) is 12.4. The van der Waals surface area contributed by atoms with Crippen LogP contribution in [0.15, 0.2) is 40.2 Å². The SMILES string of the molecule is CC(Sc1nncn1C(C)C)C(=O)Nc1cccc(Br)c1. The fraction of sp³-hybridized carbons (Fsp3) is 0.357. The minimum atomic E-state index is -0.259. The summed E-state index contributed by atoms with van der Waals surface area (Å²) in [6.07, 6.45) is 1.69. The highest BCUT2D eigenvalue weighted by Gasteiger charge is 2.18. The van der Waals surface area contributed by atoms with Gasteiger partial charge in [-0.1, -0.05) is 33.8 Å². The van der Waals surface area contributed by atoms with Crippen LogP contribution in [0.1, 0.15) is 26.8 Å². The van der Waals surface area contributed by atoms with E-state index in [0.717, 1.165) is 15.3 Å². The van der Waals surface area contributed by atoms with Crippen LogP contribution in [0.4, 0.5) is 5.69 Å². The summed E-state index contributed by atoms with van der Waals surface area (Å²) < 4.78 is 2.88. The van der Waals surface area contributed by atoms with E-state index in [4.69, 9.17) is 0 Å². The molecule has 1 aromatic carbocycles. The summed E-state index contributed by atoms with van der Waals surface area (Å²) in [5.41, 5.74) is 0.771. The van der Waals surface area contributed by atoms with Gasteiger partial charge in [0.2, 0.25) is 5.91 Å². The number of nitrogens with one attached hydrogen (secondary N) is 1. The maximum atomic E-state index is 12.2. The molecule has 1 aromatic heterocycles. The predicted molar refractivity (Wildman–Crippen MR) is 88.5 cm³/mol. The fourth-order valence-corrected chi connectivity index (χ4v) is 3.05. The van der Waals surface area contributed by atoms with Crippen molar-refractivity contribution in [3.05, 3.63) is 35.1 Å². The second-order valence-electron chi connectivity index (χ2n) is 4.87. The van der Waals surface area contributed by atoms with Gasteiger partial charge in [0.15, 0.2) is 5.16 Å². The molecular formula is C14H17BrN4OS. The van der Waals surface area contributed by atoms with Crippen molar-refractivity contribution in [3.63, 3.8) is 0 Å². The minimum absolute atomic E-state index is 0.0589. The highest BCUT2D eigenvalue weighted by Crippen LogP contribution is 2.24. The summed E-state index contributed by atoms with van der Waals surface area (Å²) in [4.78, 5) is 12.2. The van der Waals surface area contributed by atoms with Gasteiger partial charge in [0.1, 0.15) is 6.33 Å². The first-order valence-corrected chi connectivity index (χ1v) is 8.27. The number of anilines is 1. The zero-order valence-corrected chi connectivity index (χ0v) is 14.5. The van der Waals surface area contributed by atoms with Gasteiger partial charge in [-0.2, -0.15) is 0 Å². The van der Waals surface area contributed by atoms with Crippen molar-refractivity contribution in [1.29, 1.82) is 0 Å². The maximum absolute atomic E-state index is 12.2. The zero-order valence-electron chi connectivity index (χ0n) is 12.1. The smallest absolute Gasteiger partial charge is 0.237 e. The highest BCUT2D eigenvalue weighted by atomic mass is 79.9. The number of hydrogen-bond donors (Lipinski definition) is 1. The van der Waals surface area contributed by atoms with Crippen molar-refractivity contribution in [2.75, 3.05) is 5.32 Å². The molecule has 0 spiro atoms. The molecule has 1 heterocycles. The first-order chi connectivity index (χ1) is 9.97. The van der Waals surface area contributed by atoms with E-state index >= 15 is 0 Å². The molecule has 1 atom stereocenters. The second-order valence-corrected chi connectivity index (χ2v) is 7.10. The van der Waals surface area contributed by atoms with Crippen molar-refractivity contribution in [2.24, 2.45) is 0 Å². The van der Waals surface area contributed by atoms with Crippen molar-refractivity contribution in [3.8, 4) is 0 Å². The molecule has 21 heavy (non-hydrogen) atoms. The Morgan fingerprint density at radius 3 is 2.81 bits per heavy atom. The molecule has 0 radical (unpaired) electrons. The Morgan fingerprint density at radius 1 is 1.38 bits per heavy atom. The molecule has 0 aliphatic rings. The summed E-state index contributed by atoms with van der Waals surface area (Å²) in [5.74, 6) is -0.0589. The average molecular weight is 369 g/mol. The van der Waals surface area contributed by atoms with Crippen LogP contribution in [0.5, 0.6) is 0 Å². The molecule has 0 bridgehead atoms. The van der Waals surface area contributed by atoms with Crippen LogP contribution in [0.3, 0.4) is 0 Å². The fourth-order valence-electron chi connectivity index (χ4n) is 1.69. The van der Waals surface area contributed by atoms with Crippen LogP contribution >= 0.6 is 27.7 Å². The Labute approximate surface area is 136 Å². The summed E-state index contributed by atoms with van der Waals surface area (Å²) in [7, 11) is 0. The van der Waals surface area contributed by atoms with Crippen LogP contribution in [0.25, 0.3) is 0 Å². The van der Waals surface area contributed by atoms with E-state index in [1.54, 1.807) is 6.33 Å². The molecule has 1 unspecified atom stereocenters. The highest BCUT2D eigenvalue weighted by molar-refractivity contribution is 9.10. The van der Waals surface area contributed by atoms with E-state index in [9.17, 15) is 4.79 Å². The van der Waals surface area contributed by atoms with Gasteiger partial charge in [-0.15, -0.1) is 10.2 Å². The summed E-state index contributed by atoms with van der Waals surface area (Å²) in [6, 6.07) is 7.79. The maximum Gasteiger partial charge on any atom is 0.237 e. The number of hydrogen-bond acceptors (Lipinski definition) is 4. The standard InChI is InChI=1S/C14H17BrN4OS/c1-9(2)19-8-16-18-14(19)21-10(3)13(20)17-12-6-4-5-11(15)7-12/h4-10H,1-3H3,(H,17,20). The number of carbonyl (C=O) groups is 1. The number of benzene rings is 1. The van der Waals surface area contributed by atoms with Gasteiger partial charge >= 0.3 is 0 Å². The Hall–Kier alpha value is -1.34. The third-order valence-electron chi connectivity index (χ3n) is 2.84. The molecule has 0 aliphatic carbocycles. The molecule has 0 fully saturated rings. The predicted octanol–water partition coefficient (Wildman–Crippen LogP) is 3.74. The van der Waals surface area contributed by atoms with Gasteiger partial charge in [0.05, 0.1) is 5.25 Å². The minimum Gasteiger partial charge on any atom is -0.325 e. The van der Waals surface area contributed by atoms with E-state index < -0.39 is 0 Å². The number of amides is 1. The van der Waals surface area contributed by atoms with Crippen molar-refractivity contribution in [1.82, 2.24) is 14.8 Å². The number of halogens is 1. The molecule has 7 heteroatoms. The number of aromatic nitrogens is 3. The first kappa shape index (κ1) is 16.0. The van der Waals surface area contributed by atoms with E-state index in [1.807, 2.05) is 35.8 Å². The van der Waals surface area contributed by atoms with E-state index in [0.29, 0.717) is 0 Å². The van der Waals surface area contributed by atoms with Gasteiger partial charge < -0.3 is 9.88 Å². The molecule has 112 valence electrons. The van der Waals surface area contributed by atoms with Gasteiger partial charge in [0.25, 0.3) is 0 Å². The van der Waals surface area contributed by atoms with Crippen LogP contribution in [-0.2, 0) is 4.79 Å². The molecule has 5 nitrogen and oxygen atoms in total. The van der Waals surface area contributed by atoms with E-state index in [2.05, 4.69) is 45.3 Å². The molecule has 1 N–H and O–H groups in total. The van der Waals surface area contributed by atoms with Crippen LogP contribution in [0, 0.1) is 0 Å². The van der Waals surface area contributed by atoms with Crippen molar-refractivity contribution < 1.29 is 4.79 Å². The first-order valence-electron chi connectivity index (χ1n) is 6.60. The second kappa shape index (κ2) is 7.09. The molecule has 1 amide bonds. The molecule has 2 aromatic rings. The lowest BCUT2D eigenvalue weighted by atomic mass is 10.3. The van der Waals surface area contributed by atoms with Crippen molar-refractivity contribution >= 4 is 39.3 Å². The number of nitrogens with zero attached hydrogens (tertiary/aromatic N) is 3. The Morgan fingerprint density at radius 2 is 2.14 bits per heavy atom. The number of thioether (sulfide) groups is 1. The van der Waals surface area contributed by atoms with Crippen LogP contribution in [-0.4, -0.2) is 25.9 Å². The summed E-state index contributed by atoms with van der Waals surface area (Å²) in [6.45, 7) is 5.97. The number of carbonyl (C=O) groups excluding carboxylic acids is 1. The quantitative estimate of drug-likeness (QED) is 0.816. The van der Waals surface area contributed by atoms with E-state index in [-0.39, 0.29) is 17.2 Å². The Balaban J connectivity index is 2.01. The molecule has 0 aliphatic heterocycles. The molecule has 0 saturated carbocycles. The lowest BCUT2D eigenvalue weighted by molar-refractivity contribution is -0.115. The molecule has 2 rings (SSSR count). The summed E-state index contributed by atoms with van der Waals surface area (Å²) in [5, 5.41) is 11.4. The third kappa shape index (κ3) is 4.31. The lowest BCUT2D eigenvalue weighted by Crippen LogP contribution is -2.23. The average Bonchev–Trinajstić information content (AvgIpc) is 2.87. The largest absolute Gasteiger partial charge is 0.325 e. The summed E-state index contributed by atoms with van der Waals surface area (Å²) >= 11 is 4.79. The molecular weight excluding hydrogens is 352 g/mol. The topological polar surface area (TPSA) is 59.8 Å². The Kier molecular flexibility index (Phi) is 5.41. The third-order valence-corrected chi connectivity index (χ3v) is 4.40. The number of rotatable bonds is 5. The monoisotopic (exact) mass is 368 g/mol. The molecule has 0 saturated heterocycles. The van der Waals surface area contributed by atoms with E-state index in [1.165, 1.54) is 11.8 Å².